The molecule has 1 saturated heterocycles. The number of anilines is 1. The summed E-state index contributed by atoms with van der Waals surface area (Å²) in [5.74, 6) is 1.15. The number of nitrogens with zero attached hydrogens (tertiary/aromatic N) is 3. The van der Waals surface area contributed by atoms with Gasteiger partial charge in [0.1, 0.15) is 0 Å². The molecule has 6 heteroatoms. The standard InChI is InChI=1S/C20H20N4O2/c25-20(21-16-10-5-2-6-11-16)24-13-7-12-17(24)14-18-22-19(26-23-18)15-8-3-1-4-9-15/h1-6,8-11,17H,7,12-14H2,(H,21,25)/t17-/m1/s1. The van der Waals surface area contributed by atoms with E-state index in [-0.39, 0.29) is 12.1 Å². The normalized spacial score (nSPS) is 16.6. The van der Waals surface area contributed by atoms with Crippen molar-refractivity contribution in [2.45, 2.75) is 25.3 Å². The van der Waals surface area contributed by atoms with Crippen LogP contribution in [0.2, 0.25) is 0 Å². The van der Waals surface area contributed by atoms with Crippen LogP contribution in [0.1, 0.15) is 18.7 Å². The zero-order valence-corrected chi connectivity index (χ0v) is 14.3. The van der Waals surface area contributed by atoms with Crippen LogP contribution < -0.4 is 5.32 Å². The van der Waals surface area contributed by atoms with Gasteiger partial charge in [-0.05, 0) is 37.1 Å². The Bertz CT molecular complexity index is 864. The Morgan fingerprint density at radius 2 is 1.85 bits per heavy atom. The molecular weight excluding hydrogens is 328 g/mol. The maximum absolute atomic E-state index is 12.6. The third kappa shape index (κ3) is 3.59. The summed E-state index contributed by atoms with van der Waals surface area (Å²) in [6, 6.07) is 19.2. The van der Waals surface area contributed by atoms with Crippen LogP contribution in [0, 0.1) is 0 Å². The highest BCUT2D eigenvalue weighted by Crippen LogP contribution is 2.23. The molecule has 132 valence electrons. The number of rotatable bonds is 4. The molecule has 2 amide bonds. The maximum atomic E-state index is 12.6. The first-order valence-corrected chi connectivity index (χ1v) is 8.80. The number of carbonyl (C=O) groups excluding carboxylic acids is 1. The van der Waals surface area contributed by atoms with Gasteiger partial charge in [-0.3, -0.25) is 0 Å². The summed E-state index contributed by atoms with van der Waals surface area (Å²) in [4.78, 5) is 18.9. The van der Waals surface area contributed by atoms with Crippen LogP contribution in [-0.2, 0) is 6.42 Å². The topological polar surface area (TPSA) is 71.3 Å². The largest absolute Gasteiger partial charge is 0.334 e. The number of urea groups is 1. The van der Waals surface area contributed by atoms with Crippen molar-refractivity contribution >= 4 is 11.7 Å². The van der Waals surface area contributed by atoms with Gasteiger partial charge < -0.3 is 14.7 Å². The molecule has 2 heterocycles. The van der Waals surface area contributed by atoms with Gasteiger partial charge in [-0.25, -0.2) is 4.79 Å². The third-order valence-corrected chi connectivity index (χ3v) is 4.57. The van der Waals surface area contributed by atoms with Crippen molar-refractivity contribution in [1.29, 1.82) is 0 Å². The van der Waals surface area contributed by atoms with Crippen molar-refractivity contribution in [1.82, 2.24) is 15.0 Å². The van der Waals surface area contributed by atoms with Crippen molar-refractivity contribution in [2.24, 2.45) is 0 Å². The van der Waals surface area contributed by atoms with Gasteiger partial charge in [0.25, 0.3) is 5.89 Å². The van der Waals surface area contributed by atoms with Crippen molar-refractivity contribution in [3.05, 3.63) is 66.5 Å². The molecule has 1 aliphatic rings. The molecule has 0 saturated carbocycles. The Balaban J connectivity index is 1.43. The van der Waals surface area contributed by atoms with E-state index in [0.29, 0.717) is 18.1 Å². The first kappa shape index (κ1) is 16.3. The van der Waals surface area contributed by atoms with Gasteiger partial charge in [0.05, 0.1) is 0 Å². The number of benzene rings is 2. The fourth-order valence-corrected chi connectivity index (χ4v) is 3.28. The minimum absolute atomic E-state index is 0.0783. The summed E-state index contributed by atoms with van der Waals surface area (Å²) < 4.78 is 5.37. The van der Waals surface area contributed by atoms with Crippen LogP contribution >= 0.6 is 0 Å². The Morgan fingerprint density at radius 1 is 1.12 bits per heavy atom. The number of likely N-dealkylation sites (tertiary alicyclic amines) is 1. The molecule has 4 rings (SSSR count). The van der Waals surface area contributed by atoms with Crippen LogP contribution in [0.3, 0.4) is 0 Å². The lowest BCUT2D eigenvalue weighted by Crippen LogP contribution is -2.39. The molecule has 0 unspecified atom stereocenters. The third-order valence-electron chi connectivity index (χ3n) is 4.57. The van der Waals surface area contributed by atoms with Crippen molar-refractivity contribution in [3.63, 3.8) is 0 Å². The van der Waals surface area contributed by atoms with Crippen molar-refractivity contribution in [2.75, 3.05) is 11.9 Å². The molecule has 0 bridgehead atoms. The van der Waals surface area contributed by atoms with E-state index in [4.69, 9.17) is 4.52 Å². The Hall–Kier alpha value is -3.15. The highest BCUT2D eigenvalue weighted by Gasteiger charge is 2.30. The molecule has 2 aromatic carbocycles. The summed E-state index contributed by atoms with van der Waals surface area (Å²) in [5, 5.41) is 7.04. The lowest BCUT2D eigenvalue weighted by Gasteiger charge is -2.24. The van der Waals surface area contributed by atoms with Gasteiger partial charge in [0.2, 0.25) is 0 Å². The fraction of sp³-hybridized carbons (Fsp3) is 0.250. The average Bonchev–Trinajstić information content (AvgIpc) is 3.33. The summed E-state index contributed by atoms with van der Waals surface area (Å²) in [6.45, 7) is 0.743. The number of carbonyl (C=O) groups is 1. The summed E-state index contributed by atoms with van der Waals surface area (Å²) in [7, 11) is 0. The zero-order valence-electron chi connectivity index (χ0n) is 14.3. The molecule has 1 aromatic heterocycles. The number of hydrogen-bond donors (Lipinski definition) is 1. The first-order valence-electron chi connectivity index (χ1n) is 8.80. The summed E-state index contributed by atoms with van der Waals surface area (Å²) in [5.41, 5.74) is 1.70. The molecule has 0 spiro atoms. The van der Waals surface area contributed by atoms with Gasteiger partial charge >= 0.3 is 6.03 Å². The Kier molecular flexibility index (Phi) is 4.64. The zero-order chi connectivity index (χ0) is 17.8. The molecule has 1 fully saturated rings. The van der Waals surface area contributed by atoms with Crippen molar-refractivity contribution in [3.8, 4) is 11.5 Å². The molecule has 1 aliphatic heterocycles. The second-order valence-corrected chi connectivity index (χ2v) is 6.37. The monoisotopic (exact) mass is 348 g/mol. The van der Waals surface area contributed by atoms with Gasteiger partial charge in [0, 0.05) is 30.3 Å². The molecule has 1 N–H and O–H groups in total. The van der Waals surface area contributed by atoms with Gasteiger partial charge in [-0.2, -0.15) is 4.98 Å². The highest BCUT2D eigenvalue weighted by atomic mass is 16.5. The SMILES string of the molecule is O=C(Nc1ccccc1)N1CCC[C@@H]1Cc1noc(-c2ccccc2)n1. The second-order valence-electron chi connectivity index (χ2n) is 6.37. The summed E-state index contributed by atoms with van der Waals surface area (Å²) in [6.07, 6.45) is 2.52. The van der Waals surface area contributed by atoms with Gasteiger partial charge in [0.15, 0.2) is 5.82 Å². The average molecular weight is 348 g/mol. The number of hydrogen-bond acceptors (Lipinski definition) is 4. The minimum Gasteiger partial charge on any atom is -0.334 e. The predicted molar refractivity (Wildman–Crippen MR) is 98.6 cm³/mol. The van der Waals surface area contributed by atoms with Gasteiger partial charge in [-0.15, -0.1) is 0 Å². The van der Waals surface area contributed by atoms with E-state index in [1.165, 1.54) is 0 Å². The number of nitrogens with one attached hydrogen (secondary N) is 1. The lowest BCUT2D eigenvalue weighted by molar-refractivity contribution is 0.205. The van der Waals surface area contributed by atoms with E-state index in [1.54, 1.807) is 0 Å². The minimum atomic E-state index is -0.0783. The van der Waals surface area contributed by atoms with Gasteiger partial charge in [-0.1, -0.05) is 41.6 Å². The van der Waals surface area contributed by atoms with Crippen LogP contribution in [0.25, 0.3) is 11.5 Å². The lowest BCUT2D eigenvalue weighted by atomic mass is 10.1. The molecular formula is C20H20N4O2. The number of para-hydroxylation sites is 1. The van der Waals surface area contributed by atoms with Crippen LogP contribution in [0.4, 0.5) is 10.5 Å². The number of aromatic nitrogens is 2. The number of amides is 2. The van der Waals surface area contributed by atoms with Crippen LogP contribution in [-0.4, -0.2) is 33.7 Å². The smallest absolute Gasteiger partial charge is 0.322 e. The van der Waals surface area contributed by atoms with E-state index in [1.807, 2.05) is 65.6 Å². The molecule has 6 nitrogen and oxygen atoms in total. The van der Waals surface area contributed by atoms with Crippen molar-refractivity contribution < 1.29 is 9.32 Å². The highest BCUT2D eigenvalue weighted by molar-refractivity contribution is 5.89. The van der Waals surface area contributed by atoms with E-state index < -0.39 is 0 Å². The second kappa shape index (κ2) is 7.39. The maximum Gasteiger partial charge on any atom is 0.322 e. The molecule has 1 atom stereocenters. The van der Waals surface area contributed by atoms with E-state index in [9.17, 15) is 4.79 Å². The first-order chi connectivity index (χ1) is 12.8. The molecule has 0 radical (unpaired) electrons. The Morgan fingerprint density at radius 3 is 2.62 bits per heavy atom. The van der Waals surface area contributed by atoms with E-state index >= 15 is 0 Å². The van der Waals surface area contributed by atoms with E-state index in [2.05, 4.69) is 15.5 Å². The molecule has 3 aromatic rings. The van der Waals surface area contributed by atoms with E-state index in [0.717, 1.165) is 30.6 Å². The fourth-order valence-electron chi connectivity index (χ4n) is 3.28. The molecule has 0 aliphatic carbocycles. The predicted octanol–water partition coefficient (Wildman–Crippen LogP) is 3.98. The van der Waals surface area contributed by atoms with Crippen LogP contribution in [0.15, 0.2) is 65.2 Å². The molecule has 26 heavy (non-hydrogen) atoms. The Labute approximate surface area is 151 Å². The van der Waals surface area contributed by atoms with Crippen LogP contribution in [0.5, 0.6) is 0 Å². The summed E-state index contributed by atoms with van der Waals surface area (Å²) >= 11 is 0. The quantitative estimate of drug-likeness (QED) is 0.774.